The van der Waals surface area contributed by atoms with E-state index in [9.17, 15) is 4.79 Å². The van der Waals surface area contributed by atoms with Gasteiger partial charge in [0.25, 0.3) is 5.91 Å². The van der Waals surface area contributed by atoms with Gasteiger partial charge >= 0.3 is 0 Å². The van der Waals surface area contributed by atoms with E-state index in [0.29, 0.717) is 10.8 Å². The Morgan fingerprint density at radius 2 is 2.11 bits per heavy atom. The minimum Gasteiger partial charge on any atom is -0.481 e. The summed E-state index contributed by atoms with van der Waals surface area (Å²) in [5.41, 5.74) is 0.934. The summed E-state index contributed by atoms with van der Waals surface area (Å²) >= 11 is 5.93. The lowest BCUT2D eigenvalue weighted by Gasteiger charge is -2.18. The van der Waals surface area contributed by atoms with Crippen LogP contribution in [0.4, 0.5) is 0 Å². The van der Waals surface area contributed by atoms with E-state index >= 15 is 0 Å². The van der Waals surface area contributed by atoms with Crippen molar-refractivity contribution in [1.29, 1.82) is 0 Å². The van der Waals surface area contributed by atoms with Gasteiger partial charge in [-0.1, -0.05) is 18.5 Å². The molecule has 0 saturated carbocycles. The maximum absolute atomic E-state index is 11.8. The molecule has 0 unspecified atom stereocenters. The Kier molecular flexibility index (Phi) is 5.48. The number of carbonyl (C=O) groups excluding carboxylic acids is 1. The average molecular weight is 270 g/mol. The summed E-state index contributed by atoms with van der Waals surface area (Å²) in [5.74, 6) is 0.556. The molecule has 0 heterocycles. The number of benzene rings is 1. The van der Waals surface area contributed by atoms with Crippen molar-refractivity contribution in [2.24, 2.45) is 0 Å². The molecule has 0 aliphatic rings. The summed E-state index contributed by atoms with van der Waals surface area (Å²) < 4.78 is 5.59. The van der Waals surface area contributed by atoms with Crippen molar-refractivity contribution in [3.8, 4) is 5.75 Å². The van der Waals surface area contributed by atoms with Gasteiger partial charge in [0.1, 0.15) is 5.75 Å². The van der Waals surface area contributed by atoms with Crippen LogP contribution in [0.5, 0.6) is 5.75 Å². The summed E-state index contributed by atoms with van der Waals surface area (Å²) in [5, 5.41) is 3.58. The van der Waals surface area contributed by atoms with Crippen LogP contribution in [0.1, 0.15) is 32.8 Å². The molecule has 4 heteroatoms. The van der Waals surface area contributed by atoms with Crippen LogP contribution in [0.15, 0.2) is 18.2 Å². The number of halogens is 1. The van der Waals surface area contributed by atoms with Crippen LogP contribution in [-0.2, 0) is 4.79 Å². The molecule has 0 radical (unpaired) electrons. The molecule has 0 aromatic heterocycles. The van der Waals surface area contributed by atoms with Gasteiger partial charge in [-0.2, -0.15) is 0 Å². The fraction of sp³-hybridized carbons (Fsp3) is 0.500. The highest BCUT2D eigenvalue weighted by atomic mass is 35.5. The quantitative estimate of drug-likeness (QED) is 0.890. The van der Waals surface area contributed by atoms with Gasteiger partial charge in [-0.15, -0.1) is 0 Å². The fourth-order valence-corrected chi connectivity index (χ4v) is 1.53. The van der Waals surface area contributed by atoms with E-state index in [1.807, 2.05) is 26.8 Å². The number of hydrogen-bond donors (Lipinski definition) is 1. The van der Waals surface area contributed by atoms with Gasteiger partial charge in [0, 0.05) is 11.1 Å². The van der Waals surface area contributed by atoms with Gasteiger partial charge < -0.3 is 10.1 Å². The van der Waals surface area contributed by atoms with Crippen molar-refractivity contribution < 1.29 is 9.53 Å². The highest BCUT2D eigenvalue weighted by Gasteiger charge is 2.16. The van der Waals surface area contributed by atoms with E-state index in [1.165, 1.54) is 0 Å². The van der Waals surface area contributed by atoms with Crippen molar-refractivity contribution in [1.82, 2.24) is 5.32 Å². The Morgan fingerprint density at radius 3 is 2.67 bits per heavy atom. The van der Waals surface area contributed by atoms with Crippen molar-refractivity contribution in [3.05, 3.63) is 28.8 Å². The van der Waals surface area contributed by atoms with E-state index in [1.54, 1.807) is 19.1 Å². The first-order chi connectivity index (χ1) is 8.43. The molecule has 0 saturated heterocycles. The molecule has 0 spiro atoms. The highest BCUT2D eigenvalue weighted by molar-refractivity contribution is 6.31. The minimum atomic E-state index is -0.514. The second-order valence-electron chi connectivity index (χ2n) is 4.49. The Morgan fingerprint density at radius 1 is 1.44 bits per heavy atom. The third-order valence-corrected chi connectivity index (χ3v) is 3.24. The smallest absolute Gasteiger partial charge is 0.260 e. The largest absolute Gasteiger partial charge is 0.481 e. The third kappa shape index (κ3) is 4.22. The van der Waals surface area contributed by atoms with Crippen molar-refractivity contribution >= 4 is 17.5 Å². The highest BCUT2D eigenvalue weighted by Crippen LogP contribution is 2.21. The van der Waals surface area contributed by atoms with Gasteiger partial charge in [0.15, 0.2) is 6.10 Å². The van der Waals surface area contributed by atoms with Crippen molar-refractivity contribution in [3.63, 3.8) is 0 Å². The molecule has 0 fully saturated rings. The number of aryl methyl sites for hydroxylation is 1. The maximum atomic E-state index is 11.8. The molecule has 3 nitrogen and oxygen atoms in total. The zero-order valence-electron chi connectivity index (χ0n) is 11.3. The molecule has 1 amide bonds. The predicted octanol–water partition coefficient (Wildman–Crippen LogP) is 3.33. The van der Waals surface area contributed by atoms with Crippen molar-refractivity contribution in [2.45, 2.75) is 46.3 Å². The number of rotatable bonds is 5. The lowest BCUT2D eigenvalue weighted by molar-refractivity contribution is -0.127. The zero-order valence-corrected chi connectivity index (χ0v) is 12.0. The minimum absolute atomic E-state index is 0.100. The Hall–Kier alpha value is -1.22. The molecule has 1 aromatic carbocycles. The number of amides is 1. The van der Waals surface area contributed by atoms with Gasteiger partial charge in [0.2, 0.25) is 0 Å². The summed E-state index contributed by atoms with van der Waals surface area (Å²) in [6.07, 6.45) is 0.387. The van der Waals surface area contributed by atoms with E-state index in [4.69, 9.17) is 16.3 Å². The Labute approximate surface area is 113 Å². The first-order valence-electron chi connectivity index (χ1n) is 6.17. The van der Waals surface area contributed by atoms with Gasteiger partial charge in [-0.25, -0.2) is 0 Å². The first kappa shape index (κ1) is 14.8. The lowest BCUT2D eigenvalue weighted by Crippen LogP contribution is -2.40. The van der Waals surface area contributed by atoms with E-state index in [-0.39, 0.29) is 11.9 Å². The summed E-state index contributed by atoms with van der Waals surface area (Å²) in [6, 6.07) is 5.53. The molecule has 100 valence electrons. The molecule has 1 aromatic rings. The molecule has 0 aliphatic carbocycles. The van der Waals surface area contributed by atoms with Crippen LogP contribution >= 0.6 is 11.6 Å². The van der Waals surface area contributed by atoms with Gasteiger partial charge in [-0.3, -0.25) is 4.79 Å². The SMILES string of the molecule is CC[C@@H](C)NC(=O)[C@@H](C)Oc1ccc(Cl)c(C)c1. The fourth-order valence-electron chi connectivity index (χ4n) is 1.41. The molecule has 18 heavy (non-hydrogen) atoms. The third-order valence-electron chi connectivity index (χ3n) is 2.81. The zero-order chi connectivity index (χ0) is 13.7. The van der Waals surface area contributed by atoms with E-state index in [2.05, 4.69) is 5.32 Å². The van der Waals surface area contributed by atoms with Crippen LogP contribution in [-0.4, -0.2) is 18.1 Å². The summed E-state index contributed by atoms with van der Waals surface area (Å²) in [7, 11) is 0. The Balaban J connectivity index is 2.60. The van der Waals surface area contributed by atoms with Crippen LogP contribution in [0.2, 0.25) is 5.02 Å². The molecule has 1 rings (SSSR count). The molecule has 0 bridgehead atoms. The normalized spacial score (nSPS) is 13.8. The lowest BCUT2D eigenvalue weighted by atomic mass is 10.2. The monoisotopic (exact) mass is 269 g/mol. The number of carbonyl (C=O) groups is 1. The second kappa shape index (κ2) is 6.64. The second-order valence-corrected chi connectivity index (χ2v) is 4.90. The summed E-state index contributed by atoms with van der Waals surface area (Å²) in [6.45, 7) is 7.64. The van der Waals surface area contributed by atoms with Gasteiger partial charge in [0.05, 0.1) is 0 Å². The van der Waals surface area contributed by atoms with E-state index < -0.39 is 6.10 Å². The van der Waals surface area contributed by atoms with Crippen LogP contribution in [0, 0.1) is 6.92 Å². The maximum Gasteiger partial charge on any atom is 0.260 e. The molecule has 0 aliphatic heterocycles. The Bertz CT molecular complexity index is 420. The molecule has 2 atom stereocenters. The standard InChI is InChI=1S/C14H20ClNO2/c1-5-10(3)16-14(17)11(4)18-12-6-7-13(15)9(2)8-12/h6-8,10-11H,5H2,1-4H3,(H,16,17)/t10-,11-/m1/s1. The average Bonchev–Trinajstić information content (AvgIpc) is 2.33. The van der Waals surface area contributed by atoms with Crippen LogP contribution in [0.3, 0.4) is 0 Å². The molecular formula is C14H20ClNO2. The number of ether oxygens (including phenoxy) is 1. The van der Waals surface area contributed by atoms with Crippen molar-refractivity contribution in [2.75, 3.05) is 0 Å². The summed E-state index contributed by atoms with van der Waals surface area (Å²) in [4.78, 5) is 11.8. The topological polar surface area (TPSA) is 38.3 Å². The van der Waals surface area contributed by atoms with E-state index in [0.717, 1.165) is 12.0 Å². The van der Waals surface area contributed by atoms with Gasteiger partial charge in [-0.05, 0) is 51.0 Å². The number of hydrogen-bond acceptors (Lipinski definition) is 2. The van der Waals surface area contributed by atoms with Crippen LogP contribution < -0.4 is 10.1 Å². The molecule has 1 N–H and O–H groups in total. The van der Waals surface area contributed by atoms with Crippen LogP contribution in [0.25, 0.3) is 0 Å². The number of nitrogens with one attached hydrogen (secondary N) is 1. The predicted molar refractivity (Wildman–Crippen MR) is 74.2 cm³/mol. The molecular weight excluding hydrogens is 250 g/mol. The first-order valence-corrected chi connectivity index (χ1v) is 6.55.